The Hall–Kier alpha value is -3.73. The maximum atomic E-state index is 13.3. The van der Waals surface area contributed by atoms with Gasteiger partial charge in [-0.05, 0) is 42.0 Å². The molecule has 0 aliphatic carbocycles. The van der Waals surface area contributed by atoms with E-state index >= 15 is 0 Å². The highest BCUT2D eigenvalue weighted by atomic mass is 19.4. The molecule has 0 saturated heterocycles. The Bertz CT molecular complexity index is 1410. The molecule has 4 aromatic rings. The van der Waals surface area contributed by atoms with E-state index in [4.69, 9.17) is 0 Å². The van der Waals surface area contributed by atoms with E-state index in [1.54, 1.807) is 18.2 Å². The van der Waals surface area contributed by atoms with Gasteiger partial charge >= 0.3 is 12.4 Å². The molecule has 0 amide bonds. The SMILES string of the molecule is O=c1c2ccccc2nc(Cc2ccc(F)cc2)n1-c1ccc(C(O)(C(F)(F)F)C(F)(F)F)cc1. The van der Waals surface area contributed by atoms with Gasteiger partial charge in [-0.1, -0.05) is 36.4 Å². The molecule has 1 N–H and O–H groups in total. The zero-order chi connectivity index (χ0) is 25.6. The van der Waals surface area contributed by atoms with Gasteiger partial charge in [0.15, 0.2) is 0 Å². The molecular formula is C24H15F7N2O2. The van der Waals surface area contributed by atoms with Crippen LogP contribution in [-0.2, 0) is 12.0 Å². The van der Waals surface area contributed by atoms with Crippen molar-refractivity contribution in [3.05, 3.63) is 106 Å². The minimum Gasteiger partial charge on any atom is -0.369 e. The van der Waals surface area contributed by atoms with Crippen LogP contribution in [0.2, 0.25) is 0 Å². The molecule has 1 aromatic heterocycles. The molecule has 0 fully saturated rings. The summed E-state index contributed by atoms with van der Waals surface area (Å²) >= 11 is 0. The Morgan fingerprint density at radius 2 is 1.37 bits per heavy atom. The molecule has 0 atom stereocenters. The fourth-order valence-corrected chi connectivity index (χ4v) is 3.69. The Labute approximate surface area is 192 Å². The Balaban J connectivity index is 1.88. The predicted molar refractivity (Wildman–Crippen MR) is 113 cm³/mol. The van der Waals surface area contributed by atoms with E-state index in [-0.39, 0.29) is 23.3 Å². The van der Waals surface area contributed by atoms with Crippen molar-refractivity contribution in [2.24, 2.45) is 0 Å². The maximum Gasteiger partial charge on any atom is 0.430 e. The largest absolute Gasteiger partial charge is 0.430 e. The van der Waals surface area contributed by atoms with Crippen LogP contribution in [0.1, 0.15) is 17.0 Å². The van der Waals surface area contributed by atoms with Crippen molar-refractivity contribution in [3.63, 3.8) is 0 Å². The van der Waals surface area contributed by atoms with Crippen LogP contribution in [0.3, 0.4) is 0 Å². The van der Waals surface area contributed by atoms with Gasteiger partial charge < -0.3 is 5.11 Å². The van der Waals surface area contributed by atoms with Crippen molar-refractivity contribution in [1.29, 1.82) is 0 Å². The first-order chi connectivity index (χ1) is 16.3. The van der Waals surface area contributed by atoms with E-state index < -0.39 is 34.9 Å². The number of aromatic nitrogens is 2. The molecule has 11 heteroatoms. The third-order valence-corrected chi connectivity index (χ3v) is 5.48. The molecule has 35 heavy (non-hydrogen) atoms. The molecule has 4 nitrogen and oxygen atoms in total. The molecular weight excluding hydrogens is 481 g/mol. The average molecular weight is 496 g/mol. The zero-order valence-corrected chi connectivity index (χ0v) is 17.5. The van der Waals surface area contributed by atoms with Gasteiger partial charge in [-0.3, -0.25) is 9.36 Å². The molecule has 3 aromatic carbocycles. The van der Waals surface area contributed by atoms with Gasteiger partial charge in [0.1, 0.15) is 11.6 Å². The summed E-state index contributed by atoms with van der Waals surface area (Å²) in [4.78, 5) is 17.7. The van der Waals surface area contributed by atoms with Crippen LogP contribution < -0.4 is 5.56 Å². The van der Waals surface area contributed by atoms with Crippen molar-refractivity contribution in [3.8, 4) is 5.69 Å². The molecule has 0 aliphatic rings. The molecule has 182 valence electrons. The normalized spacial score (nSPS) is 12.8. The summed E-state index contributed by atoms with van der Waals surface area (Å²) in [6.07, 6.45) is -12.1. The standard InChI is InChI=1S/C24H15F7N2O2/c25-16-9-5-14(6-10-16)13-20-32-19-4-2-1-3-18(19)21(34)33(20)17-11-7-15(8-12-17)22(35,23(26,27)28)24(29,30)31/h1-12,35H,13H2. The number of halogens is 7. The lowest BCUT2D eigenvalue weighted by Gasteiger charge is -2.32. The molecule has 4 rings (SSSR count). The Morgan fingerprint density at radius 1 is 0.800 bits per heavy atom. The second-order valence-corrected chi connectivity index (χ2v) is 7.74. The molecule has 0 unspecified atom stereocenters. The van der Waals surface area contributed by atoms with Crippen molar-refractivity contribution in [2.45, 2.75) is 24.4 Å². The molecule has 0 radical (unpaired) electrons. The van der Waals surface area contributed by atoms with Gasteiger partial charge in [0, 0.05) is 12.0 Å². The predicted octanol–water partition coefficient (Wildman–Crippen LogP) is 5.43. The first kappa shape index (κ1) is 24.4. The smallest absolute Gasteiger partial charge is 0.369 e. The topological polar surface area (TPSA) is 55.1 Å². The van der Waals surface area contributed by atoms with E-state index in [0.717, 1.165) is 16.7 Å². The van der Waals surface area contributed by atoms with E-state index in [1.165, 1.54) is 30.3 Å². The highest BCUT2D eigenvalue weighted by Crippen LogP contribution is 2.50. The van der Waals surface area contributed by atoms with E-state index in [1.807, 2.05) is 0 Å². The summed E-state index contributed by atoms with van der Waals surface area (Å²) < 4.78 is 93.7. The Morgan fingerprint density at radius 3 is 1.94 bits per heavy atom. The van der Waals surface area contributed by atoms with Crippen LogP contribution in [0.4, 0.5) is 30.7 Å². The first-order valence-corrected chi connectivity index (χ1v) is 10.0. The van der Waals surface area contributed by atoms with Gasteiger partial charge in [0.2, 0.25) is 0 Å². The highest BCUT2D eigenvalue weighted by Gasteiger charge is 2.71. The van der Waals surface area contributed by atoms with Gasteiger partial charge in [0.05, 0.1) is 16.6 Å². The van der Waals surface area contributed by atoms with Crippen molar-refractivity contribution < 1.29 is 35.8 Å². The number of benzene rings is 3. The molecule has 0 aliphatic heterocycles. The third kappa shape index (κ3) is 4.27. The maximum absolute atomic E-state index is 13.3. The number of fused-ring (bicyclic) bond motifs is 1. The van der Waals surface area contributed by atoms with Crippen LogP contribution in [0.15, 0.2) is 77.6 Å². The van der Waals surface area contributed by atoms with Crippen LogP contribution in [0, 0.1) is 5.82 Å². The number of para-hydroxylation sites is 1. The summed E-state index contributed by atoms with van der Waals surface area (Å²) in [6, 6.07) is 14.2. The van der Waals surface area contributed by atoms with Gasteiger partial charge in [-0.2, -0.15) is 26.3 Å². The number of aliphatic hydroxyl groups is 1. The lowest BCUT2D eigenvalue weighted by molar-refractivity contribution is -0.376. The summed E-state index contributed by atoms with van der Waals surface area (Å²) in [7, 11) is 0. The minimum atomic E-state index is -6.04. The fourth-order valence-electron chi connectivity index (χ4n) is 3.69. The Kier molecular flexibility index (Phi) is 5.92. The first-order valence-electron chi connectivity index (χ1n) is 10.0. The lowest BCUT2D eigenvalue weighted by Crippen LogP contribution is -2.53. The third-order valence-electron chi connectivity index (χ3n) is 5.48. The van der Waals surface area contributed by atoms with Crippen molar-refractivity contribution in [1.82, 2.24) is 9.55 Å². The van der Waals surface area contributed by atoms with E-state index in [9.17, 15) is 40.6 Å². The summed E-state index contributed by atoms with van der Waals surface area (Å²) in [5, 5.41) is 9.79. The molecule has 0 bridgehead atoms. The van der Waals surface area contributed by atoms with Crippen LogP contribution in [-0.4, -0.2) is 27.0 Å². The van der Waals surface area contributed by atoms with Crippen LogP contribution in [0.5, 0.6) is 0 Å². The van der Waals surface area contributed by atoms with Crippen molar-refractivity contribution >= 4 is 10.9 Å². The number of hydrogen-bond donors (Lipinski definition) is 1. The summed E-state index contributed by atoms with van der Waals surface area (Å²) in [5.74, 6) is -0.370. The van der Waals surface area contributed by atoms with Gasteiger partial charge in [-0.15, -0.1) is 0 Å². The second kappa shape index (κ2) is 8.49. The minimum absolute atomic E-state index is 0.0111. The lowest BCUT2D eigenvalue weighted by atomic mass is 9.92. The molecule has 0 saturated carbocycles. The number of alkyl halides is 6. The second-order valence-electron chi connectivity index (χ2n) is 7.74. The van der Waals surface area contributed by atoms with Gasteiger partial charge in [-0.25, -0.2) is 9.37 Å². The number of hydrogen-bond acceptors (Lipinski definition) is 3. The highest BCUT2D eigenvalue weighted by molar-refractivity contribution is 5.77. The zero-order valence-electron chi connectivity index (χ0n) is 17.5. The summed E-state index contributed by atoms with van der Waals surface area (Å²) in [6.45, 7) is 0. The van der Waals surface area contributed by atoms with Crippen LogP contribution >= 0.6 is 0 Å². The quantitative estimate of drug-likeness (QED) is 0.384. The van der Waals surface area contributed by atoms with E-state index in [2.05, 4.69) is 4.98 Å². The number of nitrogens with zero attached hydrogens (tertiary/aromatic N) is 2. The monoisotopic (exact) mass is 496 g/mol. The molecule has 0 spiro atoms. The van der Waals surface area contributed by atoms with E-state index in [0.29, 0.717) is 23.2 Å². The summed E-state index contributed by atoms with van der Waals surface area (Å²) in [5.41, 5.74) is -6.35. The fraction of sp³-hybridized carbons (Fsp3) is 0.167. The molecule has 1 heterocycles. The average Bonchev–Trinajstić information content (AvgIpc) is 2.79. The number of rotatable bonds is 4. The van der Waals surface area contributed by atoms with Crippen molar-refractivity contribution in [2.75, 3.05) is 0 Å². The van der Waals surface area contributed by atoms with Gasteiger partial charge in [0.25, 0.3) is 11.2 Å². The van der Waals surface area contributed by atoms with Crippen LogP contribution in [0.25, 0.3) is 16.6 Å².